The zero-order chi connectivity index (χ0) is 11.3. The molecule has 1 amide bonds. The van der Waals surface area contributed by atoms with Crippen LogP contribution in [0.1, 0.15) is 17.3 Å². The summed E-state index contributed by atoms with van der Waals surface area (Å²) in [5, 5.41) is 0. The van der Waals surface area contributed by atoms with E-state index in [9.17, 15) is 4.79 Å². The summed E-state index contributed by atoms with van der Waals surface area (Å²) >= 11 is 0. The number of benzene rings is 1. The number of hydrazine groups is 1. The molecule has 15 heavy (non-hydrogen) atoms. The quantitative estimate of drug-likeness (QED) is 0.337. The van der Waals surface area contributed by atoms with E-state index < -0.39 is 0 Å². The third-order valence-electron chi connectivity index (χ3n) is 1.74. The maximum atomic E-state index is 11.3. The minimum absolute atomic E-state index is 0.368. The Morgan fingerprint density at radius 2 is 2.20 bits per heavy atom. The Morgan fingerprint density at radius 1 is 1.53 bits per heavy atom. The fourth-order valence-electron chi connectivity index (χ4n) is 1.06. The van der Waals surface area contributed by atoms with Gasteiger partial charge in [-0.25, -0.2) is 5.84 Å². The molecular weight excluding hydrogens is 192 g/mol. The summed E-state index contributed by atoms with van der Waals surface area (Å²) in [7, 11) is 0. The molecule has 0 aliphatic carbocycles. The van der Waals surface area contributed by atoms with E-state index in [0.717, 1.165) is 5.57 Å². The number of nitrogens with one attached hydrogen (secondary N) is 1. The van der Waals surface area contributed by atoms with E-state index in [0.29, 0.717) is 17.9 Å². The van der Waals surface area contributed by atoms with Gasteiger partial charge in [-0.15, -0.1) is 0 Å². The van der Waals surface area contributed by atoms with Gasteiger partial charge < -0.3 is 4.74 Å². The highest BCUT2D eigenvalue weighted by atomic mass is 16.5. The van der Waals surface area contributed by atoms with Gasteiger partial charge in [0.15, 0.2) is 0 Å². The first-order chi connectivity index (χ1) is 7.15. The number of nitrogen functional groups attached to an aromatic ring is 1. The summed E-state index contributed by atoms with van der Waals surface area (Å²) in [6.07, 6.45) is 0. The normalized spacial score (nSPS) is 9.47. The lowest BCUT2D eigenvalue weighted by atomic mass is 10.2. The van der Waals surface area contributed by atoms with Gasteiger partial charge in [0.25, 0.3) is 5.91 Å². The van der Waals surface area contributed by atoms with Crippen molar-refractivity contribution < 1.29 is 9.53 Å². The van der Waals surface area contributed by atoms with Crippen LogP contribution >= 0.6 is 0 Å². The average Bonchev–Trinajstić information content (AvgIpc) is 2.25. The van der Waals surface area contributed by atoms with Crippen LogP contribution in [0.5, 0.6) is 5.75 Å². The fraction of sp³-hybridized carbons (Fsp3) is 0.182. The highest BCUT2D eigenvalue weighted by Crippen LogP contribution is 2.17. The van der Waals surface area contributed by atoms with E-state index in [2.05, 4.69) is 12.0 Å². The van der Waals surface area contributed by atoms with Crippen LogP contribution in [0.2, 0.25) is 0 Å². The van der Waals surface area contributed by atoms with Crippen LogP contribution in [0.4, 0.5) is 0 Å². The standard InChI is InChI=1S/C11H14N2O2/c1-8(2)7-15-10-6-4-3-5-9(10)11(14)13-12/h3-6H,1,7,12H2,2H3,(H,13,14). The zero-order valence-corrected chi connectivity index (χ0v) is 8.62. The first kappa shape index (κ1) is 11.3. The average molecular weight is 206 g/mol. The van der Waals surface area contributed by atoms with Gasteiger partial charge in [-0.3, -0.25) is 10.2 Å². The fourth-order valence-corrected chi connectivity index (χ4v) is 1.06. The summed E-state index contributed by atoms with van der Waals surface area (Å²) in [6.45, 7) is 5.95. The van der Waals surface area contributed by atoms with Crippen LogP contribution < -0.4 is 16.0 Å². The molecule has 1 aromatic carbocycles. The Morgan fingerprint density at radius 3 is 2.80 bits per heavy atom. The minimum atomic E-state index is -0.368. The monoisotopic (exact) mass is 206 g/mol. The highest BCUT2D eigenvalue weighted by Gasteiger charge is 2.09. The lowest BCUT2D eigenvalue weighted by molar-refractivity contribution is 0.0950. The zero-order valence-electron chi connectivity index (χ0n) is 8.62. The van der Waals surface area contributed by atoms with Gasteiger partial charge in [0.1, 0.15) is 12.4 Å². The van der Waals surface area contributed by atoms with Gasteiger partial charge in [-0.05, 0) is 24.6 Å². The lowest BCUT2D eigenvalue weighted by Gasteiger charge is -2.09. The number of para-hydroxylation sites is 1. The molecule has 0 spiro atoms. The molecule has 1 rings (SSSR count). The van der Waals surface area contributed by atoms with Crippen LogP contribution in [-0.2, 0) is 0 Å². The predicted octanol–water partition coefficient (Wildman–Crippen LogP) is 1.25. The molecule has 0 atom stereocenters. The van der Waals surface area contributed by atoms with Crippen LogP contribution in [-0.4, -0.2) is 12.5 Å². The van der Waals surface area contributed by atoms with Crippen LogP contribution in [0, 0.1) is 0 Å². The van der Waals surface area contributed by atoms with Crippen molar-refractivity contribution in [1.29, 1.82) is 0 Å². The first-order valence-electron chi connectivity index (χ1n) is 4.52. The molecule has 0 heterocycles. The van der Waals surface area contributed by atoms with Crippen molar-refractivity contribution >= 4 is 5.91 Å². The third-order valence-corrected chi connectivity index (χ3v) is 1.74. The molecule has 1 aromatic rings. The number of amides is 1. The van der Waals surface area contributed by atoms with E-state index >= 15 is 0 Å². The third kappa shape index (κ3) is 3.11. The second-order valence-electron chi connectivity index (χ2n) is 3.22. The Hall–Kier alpha value is -1.81. The predicted molar refractivity (Wildman–Crippen MR) is 58.4 cm³/mol. The van der Waals surface area contributed by atoms with Crippen molar-refractivity contribution in [2.45, 2.75) is 6.92 Å². The van der Waals surface area contributed by atoms with Crippen molar-refractivity contribution in [3.63, 3.8) is 0 Å². The van der Waals surface area contributed by atoms with E-state index in [1.54, 1.807) is 24.3 Å². The van der Waals surface area contributed by atoms with Crippen LogP contribution in [0.3, 0.4) is 0 Å². The van der Waals surface area contributed by atoms with Crippen molar-refractivity contribution in [3.05, 3.63) is 42.0 Å². The molecule has 3 N–H and O–H groups in total. The van der Waals surface area contributed by atoms with Crippen LogP contribution in [0.15, 0.2) is 36.4 Å². The smallest absolute Gasteiger partial charge is 0.268 e. The number of carbonyl (C=O) groups excluding carboxylic acids is 1. The van der Waals surface area contributed by atoms with Gasteiger partial charge in [-0.2, -0.15) is 0 Å². The van der Waals surface area contributed by atoms with Gasteiger partial charge in [-0.1, -0.05) is 18.7 Å². The van der Waals surface area contributed by atoms with Crippen LogP contribution in [0.25, 0.3) is 0 Å². The number of hydrogen-bond acceptors (Lipinski definition) is 3. The molecule has 0 aromatic heterocycles. The lowest BCUT2D eigenvalue weighted by Crippen LogP contribution is -2.30. The summed E-state index contributed by atoms with van der Waals surface area (Å²) in [5.74, 6) is 5.19. The summed E-state index contributed by atoms with van der Waals surface area (Å²) in [4.78, 5) is 11.3. The Bertz CT molecular complexity index is 375. The molecule has 4 nitrogen and oxygen atoms in total. The van der Waals surface area contributed by atoms with E-state index in [1.165, 1.54) is 0 Å². The Labute approximate surface area is 88.7 Å². The summed E-state index contributed by atoms with van der Waals surface area (Å²) < 4.78 is 5.41. The first-order valence-corrected chi connectivity index (χ1v) is 4.52. The molecule has 4 heteroatoms. The molecule has 0 bridgehead atoms. The maximum absolute atomic E-state index is 11.3. The molecule has 0 saturated carbocycles. The topological polar surface area (TPSA) is 64.3 Å². The largest absolute Gasteiger partial charge is 0.488 e. The number of hydrogen-bond donors (Lipinski definition) is 2. The number of ether oxygens (including phenoxy) is 1. The van der Waals surface area contributed by atoms with Gasteiger partial charge >= 0.3 is 0 Å². The van der Waals surface area contributed by atoms with Gasteiger partial charge in [0.05, 0.1) is 5.56 Å². The van der Waals surface area contributed by atoms with Crippen molar-refractivity contribution in [2.24, 2.45) is 5.84 Å². The number of rotatable bonds is 4. The molecule has 0 aliphatic heterocycles. The molecule has 0 fully saturated rings. The molecule has 0 saturated heterocycles. The second kappa shape index (κ2) is 5.17. The van der Waals surface area contributed by atoms with Crippen molar-refractivity contribution in [3.8, 4) is 5.75 Å². The highest BCUT2D eigenvalue weighted by molar-refractivity contribution is 5.96. The van der Waals surface area contributed by atoms with E-state index in [4.69, 9.17) is 10.6 Å². The number of carbonyl (C=O) groups is 1. The molecule has 80 valence electrons. The number of nitrogens with two attached hydrogens (primary N) is 1. The SMILES string of the molecule is C=C(C)COc1ccccc1C(=O)NN. The summed E-state index contributed by atoms with van der Waals surface area (Å²) in [5.41, 5.74) is 3.37. The molecule has 0 radical (unpaired) electrons. The van der Waals surface area contributed by atoms with E-state index in [-0.39, 0.29) is 5.91 Å². The Kier molecular flexibility index (Phi) is 3.88. The van der Waals surface area contributed by atoms with Gasteiger partial charge in [0, 0.05) is 0 Å². The molecule has 0 aliphatic rings. The molecule has 0 unspecified atom stereocenters. The minimum Gasteiger partial charge on any atom is -0.488 e. The van der Waals surface area contributed by atoms with Crippen molar-refractivity contribution in [2.75, 3.05) is 6.61 Å². The van der Waals surface area contributed by atoms with Gasteiger partial charge in [0.2, 0.25) is 0 Å². The van der Waals surface area contributed by atoms with E-state index in [1.807, 2.05) is 6.92 Å². The van der Waals surface area contributed by atoms with Crippen molar-refractivity contribution in [1.82, 2.24) is 5.43 Å². The Balaban J connectivity index is 2.86. The summed E-state index contributed by atoms with van der Waals surface area (Å²) in [6, 6.07) is 6.91. The second-order valence-corrected chi connectivity index (χ2v) is 3.22. The maximum Gasteiger partial charge on any atom is 0.268 e. The molecular formula is C11H14N2O2.